The number of anilines is 2. The molecule has 4 aromatic carbocycles. The molecule has 5 aromatic rings. The summed E-state index contributed by atoms with van der Waals surface area (Å²) in [7, 11) is 0. The lowest BCUT2D eigenvalue weighted by Crippen LogP contribution is -2.52. The number of piperazine rings is 1. The summed E-state index contributed by atoms with van der Waals surface area (Å²) in [4.78, 5) is 44.1. The van der Waals surface area contributed by atoms with Crippen molar-refractivity contribution in [3.63, 3.8) is 0 Å². The van der Waals surface area contributed by atoms with E-state index in [0.29, 0.717) is 49.0 Å². The fourth-order valence-electron chi connectivity index (χ4n) is 5.51. The molecule has 1 aliphatic heterocycles. The Morgan fingerprint density at radius 1 is 0.804 bits per heavy atom. The van der Waals surface area contributed by atoms with Gasteiger partial charge in [0.1, 0.15) is 12.6 Å². The largest absolute Gasteiger partial charge is 0.445 e. The Labute approximate surface area is 271 Å². The van der Waals surface area contributed by atoms with Crippen LogP contribution >= 0.6 is 11.3 Å². The number of para-hydroxylation sites is 2. The number of thiophene rings is 1. The van der Waals surface area contributed by atoms with Gasteiger partial charge in [0, 0.05) is 37.4 Å². The van der Waals surface area contributed by atoms with E-state index >= 15 is 0 Å². The summed E-state index contributed by atoms with van der Waals surface area (Å²) in [5.41, 5.74) is 9.82. The number of ether oxygens (including phenoxy) is 1. The van der Waals surface area contributed by atoms with Crippen molar-refractivity contribution >= 4 is 50.7 Å². The minimum absolute atomic E-state index is 0.127. The summed E-state index contributed by atoms with van der Waals surface area (Å²) in [6, 6.07) is 33.6. The SMILES string of the molecule is Nc1ccccc1NC(=O)c1cc2ccc(C(C(=O)NCc3ccccc3)N3CCN(C(=O)OCc4ccccc4)CC3)cc2s1. The first-order chi connectivity index (χ1) is 22.4. The third kappa shape index (κ3) is 7.36. The van der Waals surface area contributed by atoms with Crippen LogP contribution in [0.4, 0.5) is 16.2 Å². The van der Waals surface area contributed by atoms with E-state index in [1.54, 1.807) is 17.0 Å². The zero-order chi connectivity index (χ0) is 31.9. The molecule has 1 unspecified atom stereocenters. The predicted molar refractivity (Wildman–Crippen MR) is 181 cm³/mol. The first kappa shape index (κ1) is 30.8. The van der Waals surface area contributed by atoms with Crippen molar-refractivity contribution in [1.29, 1.82) is 0 Å². The fourth-order valence-corrected chi connectivity index (χ4v) is 6.51. The quantitative estimate of drug-likeness (QED) is 0.170. The van der Waals surface area contributed by atoms with Gasteiger partial charge in [-0.1, -0.05) is 84.9 Å². The first-order valence-corrected chi connectivity index (χ1v) is 16.0. The highest BCUT2D eigenvalue weighted by molar-refractivity contribution is 7.20. The highest BCUT2D eigenvalue weighted by Crippen LogP contribution is 2.32. The number of carbonyl (C=O) groups excluding carboxylic acids is 3. The van der Waals surface area contributed by atoms with E-state index in [9.17, 15) is 14.4 Å². The zero-order valence-corrected chi connectivity index (χ0v) is 26.0. The standard InChI is InChI=1S/C36H35N5O4S/c37-29-13-7-8-14-30(29)39-34(42)32-21-27-15-16-28(22-31(27)46-32)33(35(43)38-23-25-9-3-1-4-10-25)40-17-19-41(20-18-40)36(44)45-24-26-11-5-2-6-12-26/h1-16,21-22,33H,17-20,23-24,37H2,(H,38,43)(H,39,42). The second-order valence-electron chi connectivity index (χ2n) is 11.1. The number of nitrogens with one attached hydrogen (secondary N) is 2. The number of carbonyl (C=O) groups is 3. The zero-order valence-electron chi connectivity index (χ0n) is 25.2. The molecule has 46 heavy (non-hydrogen) atoms. The van der Waals surface area contributed by atoms with Crippen LogP contribution in [0.1, 0.15) is 32.4 Å². The number of nitrogens with two attached hydrogens (primary N) is 1. The van der Waals surface area contributed by atoms with Crippen LogP contribution in [0.25, 0.3) is 10.1 Å². The van der Waals surface area contributed by atoms with Gasteiger partial charge in [-0.05, 0) is 46.3 Å². The molecule has 1 atom stereocenters. The molecule has 9 nitrogen and oxygen atoms in total. The number of nitrogen functional groups attached to an aromatic ring is 1. The number of fused-ring (bicyclic) bond motifs is 1. The molecule has 1 saturated heterocycles. The van der Waals surface area contributed by atoms with E-state index in [0.717, 1.165) is 26.8 Å². The molecule has 10 heteroatoms. The second kappa shape index (κ2) is 14.3. The van der Waals surface area contributed by atoms with Gasteiger partial charge in [-0.25, -0.2) is 4.79 Å². The number of amides is 3. The van der Waals surface area contributed by atoms with E-state index in [4.69, 9.17) is 10.5 Å². The van der Waals surface area contributed by atoms with Gasteiger partial charge in [0.25, 0.3) is 5.91 Å². The van der Waals surface area contributed by atoms with Crippen LogP contribution in [-0.4, -0.2) is 53.9 Å². The van der Waals surface area contributed by atoms with Crippen molar-refractivity contribution in [1.82, 2.24) is 15.1 Å². The molecule has 0 spiro atoms. The van der Waals surface area contributed by atoms with Gasteiger partial charge < -0.3 is 26.0 Å². The maximum absolute atomic E-state index is 13.8. The smallest absolute Gasteiger partial charge is 0.410 e. The lowest BCUT2D eigenvalue weighted by Gasteiger charge is -2.38. The van der Waals surface area contributed by atoms with Gasteiger partial charge >= 0.3 is 6.09 Å². The van der Waals surface area contributed by atoms with Crippen molar-refractivity contribution in [2.75, 3.05) is 37.2 Å². The van der Waals surface area contributed by atoms with E-state index in [1.165, 1.54) is 11.3 Å². The Kier molecular flexibility index (Phi) is 9.56. The molecule has 6 rings (SSSR count). The number of benzene rings is 4. The lowest BCUT2D eigenvalue weighted by molar-refractivity contribution is -0.127. The summed E-state index contributed by atoms with van der Waals surface area (Å²) in [5.74, 6) is -0.370. The molecule has 0 saturated carbocycles. The van der Waals surface area contributed by atoms with Crippen LogP contribution in [0.15, 0.2) is 109 Å². The van der Waals surface area contributed by atoms with Gasteiger partial charge in [-0.15, -0.1) is 11.3 Å². The average Bonchev–Trinajstić information content (AvgIpc) is 3.53. The van der Waals surface area contributed by atoms with E-state index in [-0.39, 0.29) is 24.5 Å². The van der Waals surface area contributed by atoms with E-state index in [2.05, 4.69) is 15.5 Å². The normalized spacial score (nSPS) is 14.0. The van der Waals surface area contributed by atoms with Crippen molar-refractivity contribution in [3.05, 3.63) is 131 Å². The Bertz CT molecular complexity index is 1820. The van der Waals surface area contributed by atoms with Crippen molar-refractivity contribution < 1.29 is 19.1 Å². The van der Waals surface area contributed by atoms with Crippen LogP contribution in [0.5, 0.6) is 0 Å². The minimum atomic E-state index is -0.584. The second-order valence-corrected chi connectivity index (χ2v) is 12.2. The van der Waals surface area contributed by atoms with E-state index < -0.39 is 6.04 Å². The van der Waals surface area contributed by atoms with Crippen LogP contribution in [0.3, 0.4) is 0 Å². The molecule has 0 aliphatic carbocycles. The Hall–Kier alpha value is -5.19. The number of rotatable bonds is 9. The Morgan fingerprint density at radius 2 is 1.48 bits per heavy atom. The third-order valence-electron chi connectivity index (χ3n) is 7.99. The predicted octanol–water partition coefficient (Wildman–Crippen LogP) is 6.05. The number of hydrogen-bond acceptors (Lipinski definition) is 7. The molecule has 2 heterocycles. The summed E-state index contributed by atoms with van der Waals surface area (Å²) in [6.07, 6.45) is -0.364. The van der Waals surface area contributed by atoms with Crippen LogP contribution in [-0.2, 0) is 22.7 Å². The Morgan fingerprint density at radius 3 is 2.20 bits per heavy atom. The first-order valence-electron chi connectivity index (χ1n) is 15.2. The van der Waals surface area contributed by atoms with Gasteiger partial charge in [-0.3, -0.25) is 14.5 Å². The minimum Gasteiger partial charge on any atom is -0.445 e. The Balaban J connectivity index is 1.18. The summed E-state index contributed by atoms with van der Waals surface area (Å²) in [6.45, 7) is 2.48. The average molecular weight is 634 g/mol. The lowest BCUT2D eigenvalue weighted by atomic mass is 10.0. The molecule has 0 radical (unpaired) electrons. The van der Waals surface area contributed by atoms with Gasteiger partial charge in [-0.2, -0.15) is 0 Å². The maximum Gasteiger partial charge on any atom is 0.410 e. The summed E-state index contributed by atoms with van der Waals surface area (Å²) in [5, 5.41) is 6.91. The molecule has 1 aromatic heterocycles. The van der Waals surface area contributed by atoms with Crippen LogP contribution in [0.2, 0.25) is 0 Å². The molecule has 1 fully saturated rings. The van der Waals surface area contributed by atoms with Crippen molar-refractivity contribution in [2.24, 2.45) is 0 Å². The monoisotopic (exact) mass is 633 g/mol. The molecule has 0 bridgehead atoms. The summed E-state index contributed by atoms with van der Waals surface area (Å²) < 4.78 is 6.44. The van der Waals surface area contributed by atoms with Crippen molar-refractivity contribution in [2.45, 2.75) is 19.2 Å². The molecular weight excluding hydrogens is 598 g/mol. The van der Waals surface area contributed by atoms with Gasteiger partial charge in [0.05, 0.1) is 16.3 Å². The van der Waals surface area contributed by atoms with Crippen LogP contribution < -0.4 is 16.4 Å². The maximum atomic E-state index is 13.8. The molecule has 234 valence electrons. The van der Waals surface area contributed by atoms with Crippen LogP contribution in [0, 0.1) is 0 Å². The van der Waals surface area contributed by atoms with E-state index in [1.807, 2.05) is 97.1 Å². The molecule has 1 aliphatic rings. The molecule has 3 amide bonds. The highest BCUT2D eigenvalue weighted by Gasteiger charge is 2.32. The highest BCUT2D eigenvalue weighted by atomic mass is 32.1. The molecule has 4 N–H and O–H groups in total. The summed E-state index contributed by atoms with van der Waals surface area (Å²) >= 11 is 1.37. The van der Waals surface area contributed by atoms with Gasteiger partial charge in [0.15, 0.2) is 0 Å². The molecular formula is C36H35N5O4S. The van der Waals surface area contributed by atoms with Gasteiger partial charge in [0.2, 0.25) is 5.91 Å². The number of hydrogen-bond donors (Lipinski definition) is 3. The topological polar surface area (TPSA) is 117 Å². The number of nitrogens with zero attached hydrogens (tertiary/aromatic N) is 2. The third-order valence-corrected chi connectivity index (χ3v) is 9.09. The fraction of sp³-hybridized carbons (Fsp3) is 0.194. The van der Waals surface area contributed by atoms with Crippen molar-refractivity contribution in [3.8, 4) is 0 Å².